The van der Waals surface area contributed by atoms with Gasteiger partial charge in [-0.2, -0.15) is 0 Å². The molecule has 3 aromatic carbocycles. The van der Waals surface area contributed by atoms with Crippen molar-refractivity contribution < 1.29 is 19.0 Å². The van der Waals surface area contributed by atoms with E-state index in [9.17, 15) is 14.3 Å². The Morgan fingerprint density at radius 2 is 1.65 bits per heavy atom. The Morgan fingerprint density at radius 1 is 1.00 bits per heavy atom. The van der Waals surface area contributed by atoms with Crippen LogP contribution in [-0.4, -0.2) is 10.9 Å². The normalized spacial score (nSPS) is 10.6. The van der Waals surface area contributed by atoms with E-state index in [0.29, 0.717) is 17.2 Å². The van der Waals surface area contributed by atoms with Crippen molar-refractivity contribution in [3.8, 4) is 17.2 Å². The van der Waals surface area contributed by atoms with E-state index >= 15 is 0 Å². The topological polar surface area (TPSA) is 72.6 Å². The lowest BCUT2D eigenvalue weighted by Gasteiger charge is -2.14. The first-order chi connectivity index (χ1) is 12.4. The van der Waals surface area contributed by atoms with Gasteiger partial charge < -0.3 is 15.6 Å². The molecule has 0 aliphatic carbocycles. The number of phenols is 1. The average molecular weight is 351 g/mol. The molecular weight excluding hydrogens is 333 g/mol. The van der Waals surface area contributed by atoms with Crippen LogP contribution in [0.5, 0.6) is 17.2 Å². The van der Waals surface area contributed by atoms with Crippen LogP contribution in [0.25, 0.3) is 0 Å². The molecule has 0 saturated heterocycles. The maximum atomic E-state index is 13.9. The maximum absolute atomic E-state index is 13.9. The molecule has 0 amide bonds. The summed E-state index contributed by atoms with van der Waals surface area (Å²) in [7, 11) is 0. The number of benzene rings is 3. The van der Waals surface area contributed by atoms with E-state index in [0.717, 1.165) is 11.1 Å². The van der Waals surface area contributed by atoms with E-state index in [1.54, 1.807) is 24.3 Å². The Labute approximate surface area is 150 Å². The molecule has 0 bridgehead atoms. The molecule has 0 atom stereocenters. The van der Waals surface area contributed by atoms with Gasteiger partial charge in [0.05, 0.1) is 11.1 Å². The zero-order valence-electron chi connectivity index (χ0n) is 14.4. The van der Waals surface area contributed by atoms with Gasteiger partial charge >= 0.3 is 0 Å². The van der Waals surface area contributed by atoms with Crippen molar-refractivity contribution in [3.63, 3.8) is 0 Å². The highest BCUT2D eigenvalue weighted by Gasteiger charge is 2.18. The molecule has 0 saturated carbocycles. The van der Waals surface area contributed by atoms with E-state index in [4.69, 9.17) is 10.5 Å². The van der Waals surface area contributed by atoms with Gasteiger partial charge in [0, 0.05) is 5.69 Å². The fourth-order valence-electron chi connectivity index (χ4n) is 2.81. The lowest BCUT2D eigenvalue weighted by atomic mass is 10.0. The third-order valence-corrected chi connectivity index (χ3v) is 4.03. The number of carbonyl (C=O) groups is 1. The van der Waals surface area contributed by atoms with Crippen LogP contribution in [0, 0.1) is 19.7 Å². The fraction of sp³-hybridized carbons (Fsp3) is 0.0952. The Hall–Kier alpha value is -3.34. The third kappa shape index (κ3) is 3.37. The largest absolute Gasteiger partial charge is 0.507 e. The average Bonchev–Trinajstić information content (AvgIpc) is 2.59. The van der Waals surface area contributed by atoms with Gasteiger partial charge in [0.15, 0.2) is 5.78 Å². The van der Waals surface area contributed by atoms with Gasteiger partial charge in [-0.05, 0) is 67.4 Å². The Morgan fingerprint density at radius 3 is 2.31 bits per heavy atom. The zero-order valence-corrected chi connectivity index (χ0v) is 14.4. The summed E-state index contributed by atoms with van der Waals surface area (Å²) in [6.45, 7) is 3.73. The highest BCUT2D eigenvalue weighted by atomic mass is 19.1. The maximum Gasteiger partial charge on any atom is 0.199 e. The predicted octanol–water partition coefficient (Wildman–Crippen LogP) is 4.75. The Kier molecular flexibility index (Phi) is 4.63. The van der Waals surface area contributed by atoms with Crippen LogP contribution in [0.3, 0.4) is 0 Å². The minimum Gasteiger partial charge on any atom is -0.507 e. The van der Waals surface area contributed by atoms with Gasteiger partial charge in [-0.1, -0.05) is 12.1 Å². The van der Waals surface area contributed by atoms with Crippen molar-refractivity contribution >= 4 is 11.5 Å². The van der Waals surface area contributed by atoms with E-state index < -0.39 is 11.6 Å². The summed E-state index contributed by atoms with van der Waals surface area (Å²) in [6.07, 6.45) is 0. The summed E-state index contributed by atoms with van der Waals surface area (Å²) in [5.74, 6) is -0.519. The van der Waals surface area contributed by atoms with Gasteiger partial charge in [0.1, 0.15) is 23.1 Å². The number of hydrogen-bond acceptors (Lipinski definition) is 4. The van der Waals surface area contributed by atoms with Crippen molar-refractivity contribution in [2.45, 2.75) is 13.8 Å². The van der Waals surface area contributed by atoms with Crippen LogP contribution in [0.2, 0.25) is 0 Å². The van der Waals surface area contributed by atoms with E-state index in [1.165, 1.54) is 30.3 Å². The van der Waals surface area contributed by atoms with Crippen LogP contribution >= 0.6 is 0 Å². The summed E-state index contributed by atoms with van der Waals surface area (Å²) >= 11 is 0. The zero-order chi connectivity index (χ0) is 18.8. The molecule has 0 radical (unpaired) electrons. The highest BCUT2D eigenvalue weighted by Crippen LogP contribution is 2.33. The number of anilines is 1. The molecule has 26 heavy (non-hydrogen) atoms. The number of ketones is 1. The van der Waals surface area contributed by atoms with Gasteiger partial charge in [0.25, 0.3) is 0 Å². The number of aryl methyl sites for hydroxylation is 2. The molecule has 0 aliphatic rings. The second-order valence-corrected chi connectivity index (χ2v) is 6.07. The first-order valence-electron chi connectivity index (χ1n) is 8.03. The van der Waals surface area contributed by atoms with Crippen LogP contribution < -0.4 is 10.5 Å². The van der Waals surface area contributed by atoms with E-state index in [-0.39, 0.29) is 16.9 Å². The first kappa shape index (κ1) is 17.5. The predicted molar refractivity (Wildman–Crippen MR) is 98.3 cm³/mol. The Bertz CT molecular complexity index is 975. The molecule has 0 spiro atoms. The molecule has 132 valence electrons. The third-order valence-electron chi connectivity index (χ3n) is 4.03. The smallest absolute Gasteiger partial charge is 0.199 e. The summed E-state index contributed by atoms with van der Waals surface area (Å²) in [4.78, 5) is 12.6. The minimum absolute atomic E-state index is 0.0293. The van der Waals surface area contributed by atoms with Crippen molar-refractivity contribution in [2.24, 2.45) is 0 Å². The molecule has 0 heterocycles. The van der Waals surface area contributed by atoms with Gasteiger partial charge in [-0.15, -0.1) is 0 Å². The Balaban J connectivity index is 1.99. The van der Waals surface area contributed by atoms with Crippen molar-refractivity contribution in [1.29, 1.82) is 0 Å². The second-order valence-electron chi connectivity index (χ2n) is 6.07. The van der Waals surface area contributed by atoms with Crippen LogP contribution in [-0.2, 0) is 0 Å². The quantitative estimate of drug-likeness (QED) is 0.525. The summed E-state index contributed by atoms with van der Waals surface area (Å²) in [5.41, 5.74) is 8.00. The number of carbonyl (C=O) groups excluding carboxylic acids is 1. The van der Waals surface area contributed by atoms with Gasteiger partial charge in [-0.3, -0.25) is 4.79 Å². The molecular formula is C21H18FNO3. The highest BCUT2D eigenvalue weighted by molar-refractivity contribution is 6.11. The fourth-order valence-corrected chi connectivity index (χ4v) is 2.81. The minimum atomic E-state index is -0.645. The van der Waals surface area contributed by atoms with Crippen LogP contribution in [0.1, 0.15) is 27.0 Å². The molecule has 0 unspecified atom stereocenters. The second kappa shape index (κ2) is 6.88. The number of aromatic hydroxyl groups is 1. The van der Waals surface area contributed by atoms with Gasteiger partial charge in [0.2, 0.25) is 0 Å². The molecule has 0 aliphatic heterocycles. The van der Waals surface area contributed by atoms with Gasteiger partial charge in [-0.25, -0.2) is 4.39 Å². The number of phenolic OH excluding ortho intramolecular Hbond substituents is 1. The molecule has 4 nitrogen and oxygen atoms in total. The summed E-state index contributed by atoms with van der Waals surface area (Å²) in [6, 6.07) is 13.5. The molecule has 5 heteroatoms. The van der Waals surface area contributed by atoms with Crippen molar-refractivity contribution in [3.05, 3.63) is 82.7 Å². The monoisotopic (exact) mass is 351 g/mol. The molecule has 3 N–H and O–H groups in total. The standard InChI is InChI=1S/C21H18FNO3/c1-12-9-14(23)10-13(2)21(12)26-15-7-8-19(24)17(11-15)20(25)16-5-3-4-6-18(16)22/h3-11,24H,23H2,1-2H3. The number of nitrogen functional groups attached to an aromatic ring is 1. The van der Waals surface area contributed by atoms with E-state index in [2.05, 4.69) is 0 Å². The number of ether oxygens (including phenoxy) is 1. The number of rotatable bonds is 4. The first-order valence-corrected chi connectivity index (χ1v) is 8.03. The van der Waals surface area contributed by atoms with Crippen LogP contribution in [0.4, 0.5) is 10.1 Å². The van der Waals surface area contributed by atoms with Crippen LogP contribution in [0.15, 0.2) is 54.6 Å². The molecule has 0 aromatic heterocycles. The number of hydrogen-bond donors (Lipinski definition) is 2. The lowest BCUT2D eigenvalue weighted by Crippen LogP contribution is -2.05. The molecule has 0 fully saturated rings. The number of nitrogens with two attached hydrogens (primary N) is 1. The molecule has 3 rings (SSSR count). The SMILES string of the molecule is Cc1cc(N)cc(C)c1Oc1ccc(O)c(C(=O)c2ccccc2F)c1. The number of halogens is 1. The van der Waals surface area contributed by atoms with E-state index in [1.807, 2.05) is 13.8 Å². The van der Waals surface area contributed by atoms with Crippen molar-refractivity contribution in [1.82, 2.24) is 0 Å². The summed E-state index contributed by atoms with van der Waals surface area (Å²) in [5, 5.41) is 10.1. The molecule has 3 aromatic rings. The lowest BCUT2D eigenvalue weighted by molar-refractivity contribution is 0.103. The van der Waals surface area contributed by atoms with Crippen molar-refractivity contribution in [2.75, 3.05) is 5.73 Å². The summed E-state index contributed by atoms with van der Waals surface area (Å²) < 4.78 is 19.8.